The van der Waals surface area contributed by atoms with Crippen molar-refractivity contribution < 1.29 is 33.4 Å². The number of fused-ring (bicyclic) bond motifs is 1. The van der Waals surface area contributed by atoms with Crippen LogP contribution in [0, 0.1) is 0 Å². The molecule has 2 aromatic rings. The summed E-state index contributed by atoms with van der Waals surface area (Å²) in [5.74, 6) is -2.81. The molecule has 4 rings (SSSR count). The molecular formula is C25H20BrClN2O7S. The molecule has 2 amide bonds. The Morgan fingerprint density at radius 1 is 1.08 bits per heavy atom. The molecule has 192 valence electrons. The fraction of sp³-hybridized carbons (Fsp3) is 0.240. The zero-order valence-corrected chi connectivity index (χ0v) is 22.5. The Balaban J connectivity index is 1.48. The quantitative estimate of drug-likeness (QED) is 0.276. The van der Waals surface area contributed by atoms with Crippen molar-refractivity contribution in [1.29, 1.82) is 0 Å². The van der Waals surface area contributed by atoms with Crippen LogP contribution in [0.2, 0.25) is 5.02 Å². The summed E-state index contributed by atoms with van der Waals surface area (Å²) >= 11 is 10.4. The van der Waals surface area contributed by atoms with Gasteiger partial charge in [-0.05, 0) is 47.9 Å². The molecule has 37 heavy (non-hydrogen) atoms. The third kappa shape index (κ3) is 6.06. The fourth-order valence-electron chi connectivity index (χ4n) is 3.79. The second-order valence-electron chi connectivity index (χ2n) is 8.15. The number of ketones is 1. The van der Waals surface area contributed by atoms with Crippen molar-refractivity contribution in [2.24, 2.45) is 0 Å². The maximum atomic E-state index is 13.1. The number of hydrogen-bond acceptors (Lipinski definition) is 8. The predicted octanol–water partition coefficient (Wildman–Crippen LogP) is 3.36. The maximum absolute atomic E-state index is 13.1. The number of carbonyl (C=O) groups is 5. The molecule has 9 nitrogen and oxygen atoms in total. The van der Waals surface area contributed by atoms with Crippen molar-refractivity contribution in [3.8, 4) is 0 Å². The summed E-state index contributed by atoms with van der Waals surface area (Å²) < 4.78 is 11.0. The number of halogens is 2. The molecule has 2 aromatic carbocycles. The lowest BCUT2D eigenvalue weighted by Gasteiger charge is -2.51. The van der Waals surface area contributed by atoms with Gasteiger partial charge in [-0.25, -0.2) is 4.79 Å². The Morgan fingerprint density at radius 3 is 2.49 bits per heavy atom. The van der Waals surface area contributed by atoms with Crippen LogP contribution in [0.25, 0.3) is 0 Å². The van der Waals surface area contributed by atoms with Crippen LogP contribution in [-0.4, -0.2) is 65.1 Å². The lowest BCUT2D eigenvalue weighted by atomic mass is 9.98. The van der Waals surface area contributed by atoms with E-state index >= 15 is 0 Å². The third-order valence-electron chi connectivity index (χ3n) is 5.62. The molecule has 2 heterocycles. The SMILES string of the molecule is CC(=O)OCC1=CS[C@H]2C(NC(=O)c3cccc(Br)c3)C(=O)N2C1C(=O)OCC(=O)c1ccc(Cl)cc1. The molecule has 1 N–H and O–H groups in total. The van der Waals surface area contributed by atoms with E-state index in [0.29, 0.717) is 26.2 Å². The molecule has 12 heteroatoms. The average molecular weight is 608 g/mol. The van der Waals surface area contributed by atoms with Crippen molar-refractivity contribution in [3.05, 3.63) is 80.1 Å². The molecule has 2 unspecified atom stereocenters. The number of hydrogen-bond donors (Lipinski definition) is 1. The third-order valence-corrected chi connectivity index (χ3v) is 7.58. The Kier molecular flexibility index (Phi) is 8.35. The van der Waals surface area contributed by atoms with Crippen LogP contribution in [0.5, 0.6) is 0 Å². The van der Waals surface area contributed by atoms with Gasteiger partial charge in [0.05, 0.1) is 0 Å². The van der Waals surface area contributed by atoms with E-state index in [0.717, 1.165) is 0 Å². The standard InChI is InChI=1S/C25H20BrClN2O7S/c1-13(30)35-10-16-12-37-24-20(28-22(32)15-3-2-4-17(26)9-15)23(33)29(24)21(16)25(34)36-11-19(31)14-5-7-18(27)8-6-14/h2-9,12,20-21,24H,10-11H2,1H3,(H,28,32)/t20?,21?,24-/m0/s1. The van der Waals surface area contributed by atoms with Gasteiger partial charge in [0, 0.05) is 33.1 Å². The summed E-state index contributed by atoms with van der Waals surface area (Å²) in [5.41, 5.74) is 0.995. The Morgan fingerprint density at radius 2 is 1.81 bits per heavy atom. The first-order valence-electron chi connectivity index (χ1n) is 11.0. The lowest BCUT2D eigenvalue weighted by molar-refractivity contribution is -0.162. The number of nitrogens with zero attached hydrogens (tertiary/aromatic N) is 1. The molecule has 0 spiro atoms. The van der Waals surface area contributed by atoms with E-state index in [1.54, 1.807) is 41.8 Å². The first kappa shape index (κ1) is 26.9. The number of rotatable bonds is 8. The summed E-state index contributed by atoms with van der Waals surface area (Å²) in [6.07, 6.45) is 0. The van der Waals surface area contributed by atoms with Gasteiger partial charge in [0.25, 0.3) is 5.91 Å². The van der Waals surface area contributed by atoms with Gasteiger partial charge in [-0.2, -0.15) is 0 Å². The number of benzene rings is 2. The molecular weight excluding hydrogens is 588 g/mol. The first-order valence-corrected chi connectivity index (χ1v) is 13.1. The minimum Gasteiger partial charge on any atom is -0.461 e. The Hall–Kier alpha value is -3.15. The highest BCUT2D eigenvalue weighted by Gasteiger charge is 2.56. The fourth-order valence-corrected chi connectivity index (χ4v) is 5.52. The smallest absolute Gasteiger partial charge is 0.333 e. The van der Waals surface area contributed by atoms with Gasteiger partial charge in [0.1, 0.15) is 18.0 Å². The number of ether oxygens (including phenoxy) is 2. The number of amides is 2. The van der Waals surface area contributed by atoms with E-state index in [4.69, 9.17) is 21.1 Å². The number of esters is 2. The molecule has 0 radical (unpaired) electrons. The van der Waals surface area contributed by atoms with Crippen LogP contribution in [0.4, 0.5) is 0 Å². The summed E-state index contributed by atoms with van der Waals surface area (Å²) in [6, 6.07) is 10.7. The predicted molar refractivity (Wildman–Crippen MR) is 139 cm³/mol. The average Bonchev–Trinajstić information content (AvgIpc) is 2.88. The van der Waals surface area contributed by atoms with E-state index < -0.39 is 53.6 Å². The Bertz CT molecular complexity index is 1300. The highest BCUT2D eigenvalue weighted by molar-refractivity contribution is 9.10. The molecule has 0 bridgehead atoms. The molecule has 1 saturated heterocycles. The first-order chi connectivity index (χ1) is 17.7. The number of thioether (sulfide) groups is 1. The summed E-state index contributed by atoms with van der Waals surface area (Å²) in [6.45, 7) is 0.430. The van der Waals surface area contributed by atoms with Crippen molar-refractivity contribution in [3.63, 3.8) is 0 Å². The van der Waals surface area contributed by atoms with Crippen LogP contribution in [-0.2, 0) is 23.9 Å². The zero-order valence-electron chi connectivity index (χ0n) is 19.3. The lowest BCUT2D eigenvalue weighted by Crippen LogP contribution is -2.74. The summed E-state index contributed by atoms with van der Waals surface area (Å²) in [4.78, 5) is 63.9. The Labute approximate surface area is 229 Å². The molecule has 0 saturated carbocycles. The van der Waals surface area contributed by atoms with E-state index in [2.05, 4.69) is 21.2 Å². The number of β-lactam (4-membered cyclic amide) rings is 1. The molecule has 0 aromatic heterocycles. The van der Waals surface area contributed by atoms with Crippen LogP contribution in [0.1, 0.15) is 27.6 Å². The van der Waals surface area contributed by atoms with Gasteiger partial charge in [-0.1, -0.05) is 33.6 Å². The zero-order chi connectivity index (χ0) is 26.7. The highest BCUT2D eigenvalue weighted by atomic mass is 79.9. The van der Waals surface area contributed by atoms with E-state index in [9.17, 15) is 24.0 Å². The van der Waals surface area contributed by atoms with E-state index in [-0.39, 0.29) is 6.61 Å². The van der Waals surface area contributed by atoms with Crippen LogP contribution >= 0.6 is 39.3 Å². The number of carbonyl (C=O) groups excluding carboxylic acids is 5. The van der Waals surface area contributed by atoms with Crippen molar-refractivity contribution in [1.82, 2.24) is 10.2 Å². The topological polar surface area (TPSA) is 119 Å². The van der Waals surface area contributed by atoms with E-state index in [1.807, 2.05) is 0 Å². The van der Waals surface area contributed by atoms with Gasteiger partial charge in [0.15, 0.2) is 18.4 Å². The van der Waals surface area contributed by atoms with Crippen molar-refractivity contribution >= 4 is 68.8 Å². The van der Waals surface area contributed by atoms with E-state index in [1.165, 1.54) is 35.7 Å². The van der Waals surface area contributed by atoms with Crippen molar-refractivity contribution in [2.45, 2.75) is 24.4 Å². The highest BCUT2D eigenvalue weighted by Crippen LogP contribution is 2.40. The van der Waals surface area contributed by atoms with Crippen LogP contribution < -0.4 is 5.32 Å². The number of Topliss-reactive ketones (excluding diaryl/α,β-unsaturated/α-hetero) is 1. The number of nitrogens with one attached hydrogen (secondary N) is 1. The maximum Gasteiger partial charge on any atom is 0.333 e. The van der Waals surface area contributed by atoms with Gasteiger partial charge in [-0.15, -0.1) is 11.8 Å². The second kappa shape index (κ2) is 11.5. The summed E-state index contributed by atoms with van der Waals surface area (Å²) in [7, 11) is 0. The molecule has 2 aliphatic heterocycles. The molecule has 2 aliphatic rings. The van der Waals surface area contributed by atoms with Gasteiger partial charge < -0.3 is 19.7 Å². The van der Waals surface area contributed by atoms with Gasteiger partial charge >= 0.3 is 11.9 Å². The normalized spacial score (nSPS) is 20.2. The monoisotopic (exact) mass is 606 g/mol. The van der Waals surface area contributed by atoms with Crippen LogP contribution in [0.15, 0.2) is 64.0 Å². The van der Waals surface area contributed by atoms with Crippen molar-refractivity contribution in [2.75, 3.05) is 13.2 Å². The molecule has 1 fully saturated rings. The second-order valence-corrected chi connectivity index (χ2v) is 10.5. The van der Waals surface area contributed by atoms with Crippen LogP contribution in [0.3, 0.4) is 0 Å². The summed E-state index contributed by atoms with van der Waals surface area (Å²) in [5, 5.41) is 4.19. The van der Waals surface area contributed by atoms with Gasteiger partial charge in [0.2, 0.25) is 5.91 Å². The minimum atomic E-state index is -1.21. The van der Waals surface area contributed by atoms with Gasteiger partial charge in [-0.3, -0.25) is 19.2 Å². The molecule has 3 atom stereocenters. The minimum absolute atomic E-state index is 0.237. The largest absolute Gasteiger partial charge is 0.461 e. The molecule has 0 aliphatic carbocycles.